The first-order chi connectivity index (χ1) is 20.0. The number of nitrogens with two attached hydrogens (primary N) is 2. The Morgan fingerprint density at radius 1 is 1.05 bits per heavy atom. The summed E-state index contributed by atoms with van der Waals surface area (Å²) in [5.41, 5.74) is 10.8. The van der Waals surface area contributed by atoms with Crippen LogP contribution in [0.15, 0.2) is 17.4 Å². The Kier molecular flexibility index (Phi) is 7.13. The normalized spacial score (nSPS) is 31.3. The van der Waals surface area contributed by atoms with E-state index in [0.717, 1.165) is 4.68 Å². The van der Waals surface area contributed by atoms with E-state index >= 15 is 0 Å². The fraction of sp³-hybridized carbons (Fsp3) is 0.526. The minimum absolute atomic E-state index is 0.0821. The number of aliphatic hydroxyl groups is 3. The highest BCUT2D eigenvalue weighted by atomic mass is 31.2. The lowest BCUT2D eigenvalue weighted by Gasteiger charge is -2.24. The smallest absolute Gasteiger partial charge is 0.354 e. The SMILES string of the molecule is CO[C@H]1O[C@@H](n2nnc3c(=O)[nH]c(N)nc32)[C@@H](O)[C@H]1OP(=O)(O)CO[C@H]1O[C@@H](n2cnc3c(N)ncnc32)[C@@H](O)[C@H]1O. The largest absolute Gasteiger partial charge is 0.385 e. The first-order valence-electron chi connectivity index (χ1n) is 12.0. The fourth-order valence-electron chi connectivity index (χ4n) is 4.59. The third-order valence-electron chi connectivity index (χ3n) is 6.54. The summed E-state index contributed by atoms with van der Waals surface area (Å²) in [4.78, 5) is 40.8. The van der Waals surface area contributed by atoms with Crippen molar-refractivity contribution in [2.75, 3.05) is 24.9 Å². The van der Waals surface area contributed by atoms with Gasteiger partial charge in [-0.2, -0.15) is 9.67 Å². The lowest BCUT2D eigenvalue weighted by molar-refractivity contribution is -0.171. The molecule has 22 nitrogen and oxygen atoms in total. The van der Waals surface area contributed by atoms with Crippen molar-refractivity contribution in [1.29, 1.82) is 0 Å². The van der Waals surface area contributed by atoms with Gasteiger partial charge < -0.3 is 50.6 Å². The number of hydrogen-bond donors (Lipinski definition) is 7. The van der Waals surface area contributed by atoms with Crippen LogP contribution in [0.4, 0.5) is 11.8 Å². The molecule has 2 saturated heterocycles. The third kappa shape index (κ3) is 4.78. The standard InChI is InChI=1S/C19H24N11O11P/c1-37-18-10(9(33)16(40-18)30-13-6(27-28-30)14(34)26-19(21)25-13)41-42(35,36)4-38-17-8(32)7(31)15(39-17)29-3-24-5-11(20)22-2-23-12(5)29/h2-3,7-10,15-18,31-33H,4H2,1H3,(H,35,36)(H2,20,22,23)(H3,21,25,26,34)/t7-,8+,9-,10+,15+,16+,17-,18-/m0/s1. The minimum atomic E-state index is -4.73. The number of fused-ring (bicyclic) bond motifs is 2. The van der Waals surface area contributed by atoms with Crippen LogP contribution >= 0.6 is 7.60 Å². The molecule has 0 aromatic carbocycles. The van der Waals surface area contributed by atoms with Crippen LogP contribution in [0.5, 0.6) is 0 Å². The van der Waals surface area contributed by atoms with Gasteiger partial charge in [0, 0.05) is 7.11 Å². The summed E-state index contributed by atoms with van der Waals surface area (Å²) in [5, 5.41) is 39.4. The lowest BCUT2D eigenvalue weighted by atomic mass is 10.2. The van der Waals surface area contributed by atoms with Gasteiger partial charge in [0.25, 0.3) is 5.56 Å². The zero-order valence-corrected chi connectivity index (χ0v) is 22.2. The van der Waals surface area contributed by atoms with Crippen molar-refractivity contribution >= 4 is 41.7 Å². The van der Waals surface area contributed by atoms with E-state index in [4.69, 9.17) is 34.9 Å². The van der Waals surface area contributed by atoms with Gasteiger partial charge in [0.2, 0.25) is 5.95 Å². The monoisotopic (exact) mass is 613 g/mol. The first-order valence-corrected chi connectivity index (χ1v) is 13.8. The molecule has 42 heavy (non-hydrogen) atoms. The molecule has 1 unspecified atom stereocenters. The van der Waals surface area contributed by atoms with Crippen LogP contribution in [-0.4, -0.2) is 115 Å². The second-order valence-electron chi connectivity index (χ2n) is 9.24. The molecule has 0 aliphatic carbocycles. The molecule has 226 valence electrons. The Morgan fingerprint density at radius 2 is 1.81 bits per heavy atom. The molecule has 0 spiro atoms. The average Bonchev–Trinajstić information content (AvgIpc) is 3.69. The van der Waals surface area contributed by atoms with Crippen LogP contribution in [0.2, 0.25) is 0 Å². The highest BCUT2D eigenvalue weighted by Gasteiger charge is 2.51. The van der Waals surface area contributed by atoms with E-state index in [9.17, 15) is 29.6 Å². The van der Waals surface area contributed by atoms with Crippen LogP contribution in [0.25, 0.3) is 22.3 Å². The molecule has 9 N–H and O–H groups in total. The van der Waals surface area contributed by atoms with Crippen molar-refractivity contribution in [2.24, 2.45) is 0 Å². The molecule has 0 radical (unpaired) electrons. The van der Waals surface area contributed by atoms with E-state index in [1.807, 2.05) is 0 Å². The van der Waals surface area contributed by atoms with Gasteiger partial charge in [-0.15, -0.1) is 5.10 Å². The van der Waals surface area contributed by atoms with Gasteiger partial charge in [-0.3, -0.25) is 23.4 Å². The topological polar surface area (TPSA) is 316 Å². The highest BCUT2D eigenvalue weighted by molar-refractivity contribution is 7.52. The van der Waals surface area contributed by atoms with Crippen molar-refractivity contribution < 1.29 is 48.2 Å². The van der Waals surface area contributed by atoms with E-state index in [1.165, 1.54) is 24.3 Å². The zero-order chi connectivity index (χ0) is 29.9. The number of rotatable bonds is 8. The maximum absolute atomic E-state index is 13.0. The van der Waals surface area contributed by atoms with Gasteiger partial charge >= 0.3 is 7.60 Å². The molecule has 0 bridgehead atoms. The predicted octanol–water partition coefficient (Wildman–Crippen LogP) is -3.50. The summed E-state index contributed by atoms with van der Waals surface area (Å²) < 4.78 is 42.1. The Balaban J connectivity index is 1.15. The van der Waals surface area contributed by atoms with E-state index in [2.05, 4.69) is 35.2 Å². The number of H-pyrrole nitrogens is 1. The number of methoxy groups -OCH3 is 1. The van der Waals surface area contributed by atoms with Crippen LogP contribution in [0.3, 0.4) is 0 Å². The molecule has 2 aliphatic rings. The zero-order valence-electron chi connectivity index (χ0n) is 21.3. The van der Waals surface area contributed by atoms with Crippen LogP contribution in [0.1, 0.15) is 12.5 Å². The van der Waals surface area contributed by atoms with Gasteiger partial charge in [-0.05, 0) is 0 Å². The van der Waals surface area contributed by atoms with Crippen molar-refractivity contribution in [1.82, 2.24) is 44.5 Å². The summed E-state index contributed by atoms with van der Waals surface area (Å²) in [5.74, 6) is -0.169. The number of anilines is 2. The molecule has 0 amide bonds. The summed E-state index contributed by atoms with van der Waals surface area (Å²) in [7, 11) is -3.54. The molecule has 2 aliphatic heterocycles. The molecular formula is C19H24N11O11P. The Bertz CT molecular complexity index is 1730. The van der Waals surface area contributed by atoms with E-state index in [1.54, 1.807) is 0 Å². The molecule has 6 heterocycles. The molecule has 23 heteroatoms. The van der Waals surface area contributed by atoms with Gasteiger partial charge in [-0.25, -0.2) is 15.0 Å². The molecule has 2 fully saturated rings. The molecule has 6 rings (SSSR count). The second-order valence-corrected chi connectivity index (χ2v) is 11.0. The van der Waals surface area contributed by atoms with Crippen molar-refractivity contribution in [3.05, 3.63) is 23.0 Å². The second kappa shape index (κ2) is 10.5. The Hall–Kier alpha value is -3.70. The van der Waals surface area contributed by atoms with E-state index in [0.29, 0.717) is 0 Å². The Morgan fingerprint density at radius 3 is 2.57 bits per heavy atom. The summed E-state index contributed by atoms with van der Waals surface area (Å²) in [6, 6.07) is 0. The number of aromatic amines is 1. The maximum Gasteiger partial charge on any atom is 0.354 e. The summed E-state index contributed by atoms with van der Waals surface area (Å²) in [6.45, 7) is 0. The van der Waals surface area contributed by atoms with Crippen LogP contribution in [0, 0.1) is 0 Å². The van der Waals surface area contributed by atoms with Crippen LogP contribution < -0.4 is 17.0 Å². The summed E-state index contributed by atoms with van der Waals surface area (Å²) >= 11 is 0. The number of nitrogens with zero attached hydrogens (tertiary/aromatic N) is 8. The minimum Gasteiger partial charge on any atom is -0.385 e. The van der Waals surface area contributed by atoms with Gasteiger partial charge in [0.15, 0.2) is 54.0 Å². The van der Waals surface area contributed by atoms with Gasteiger partial charge in [0.1, 0.15) is 36.3 Å². The molecule has 9 atom stereocenters. The van der Waals surface area contributed by atoms with Crippen LogP contribution in [-0.2, 0) is 28.0 Å². The number of nitrogens with one attached hydrogen (secondary N) is 1. The number of aromatic nitrogens is 9. The predicted molar refractivity (Wildman–Crippen MR) is 134 cm³/mol. The number of hydrogen-bond acceptors (Lipinski definition) is 18. The lowest BCUT2D eigenvalue weighted by Crippen LogP contribution is -2.36. The van der Waals surface area contributed by atoms with Gasteiger partial charge in [-0.1, -0.05) is 5.21 Å². The molecular weight excluding hydrogens is 589 g/mol. The van der Waals surface area contributed by atoms with E-state index < -0.39 is 69.0 Å². The highest BCUT2D eigenvalue weighted by Crippen LogP contribution is 2.48. The number of ether oxygens (including phenoxy) is 4. The van der Waals surface area contributed by atoms with Gasteiger partial charge in [0.05, 0.1) is 6.33 Å². The van der Waals surface area contributed by atoms with Crippen molar-refractivity contribution in [3.63, 3.8) is 0 Å². The molecule has 0 saturated carbocycles. The maximum atomic E-state index is 13.0. The quantitative estimate of drug-likeness (QED) is 0.0948. The molecule has 4 aromatic heterocycles. The average molecular weight is 613 g/mol. The summed E-state index contributed by atoms with van der Waals surface area (Å²) in [6.07, 6.45) is -10.7. The number of imidazole rings is 1. The van der Waals surface area contributed by atoms with Crippen molar-refractivity contribution in [3.8, 4) is 0 Å². The number of nitrogen functional groups attached to an aromatic ring is 2. The third-order valence-corrected chi connectivity index (χ3v) is 7.59. The van der Waals surface area contributed by atoms with Crippen molar-refractivity contribution in [2.45, 2.75) is 49.5 Å². The fourth-order valence-corrected chi connectivity index (χ4v) is 5.59. The van der Waals surface area contributed by atoms with E-state index in [-0.39, 0.29) is 34.1 Å². The molecule has 4 aromatic rings. The first kappa shape index (κ1) is 28.4. The number of aliphatic hydroxyl groups excluding tert-OH is 3. The Labute approximate surface area is 232 Å².